The monoisotopic (exact) mass is 376 g/mol. The van der Waals surface area contributed by atoms with Gasteiger partial charge in [0, 0.05) is 12.4 Å². The summed E-state index contributed by atoms with van der Waals surface area (Å²) in [6, 6.07) is 17.1. The molecule has 0 saturated heterocycles. The molecule has 0 amide bonds. The number of benzene rings is 2. The Morgan fingerprint density at radius 3 is 2.43 bits per heavy atom. The van der Waals surface area contributed by atoms with Crippen LogP contribution in [0.2, 0.25) is 0 Å². The topological polar surface area (TPSA) is 58.8 Å². The molecule has 1 N–H and O–H groups in total. The third-order valence-corrected chi connectivity index (χ3v) is 4.08. The number of nitrogens with one attached hydrogen (secondary N) is 1. The molecule has 0 atom stereocenters. The van der Waals surface area contributed by atoms with E-state index in [1.807, 2.05) is 0 Å². The van der Waals surface area contributed by atoms with Crippen molar-refractivity contribution in [3.05, 3.63) is 100 Å². The Hall–Kier alpha value is -3.87. The number of pyridine rings is 1. The zero-order valence-electron chi connectivity index (χ0n) is 14.5. The maximum Gasteiger partial charge on any atom is 0.268 e. The number of hydrogen-bond acceptors (Lipinski definition) is 4. The summed E-state index contributed by atoms with van der Waals surface area (Å²) in [5, 5.41) is 2.84. The van der Waals surface area contributed by atoms with Gasteiger partial charge in [-0.05, 0) is 36.4 Å². The molecule has 5 nitrogen and oxygen atoms in total. The van der Waals surface area contributed by atoms with Gasteiger partial charge in [-0.3, -0.25) is 14.2 Å². The minimum Gasteiger partial charge on any atom is -0.337 e. The van der Waals surface area contributed by atoms with Gasteiger partial charge in [0.05, 0.1) is 11.4 Å². The van der Waals surface area contributed by atoms with Crippen molar-refractivity contribution in [2.24, 2.45) is 4.99 Å². The van der Waals surface area contributed by atoms with E-state index >= 15 is 0 Å². The van der Waals surface area contributed by atoms with Crippen LogP contribution < -0.4 is 10.9 Å². The second-order valence-electron chi connectivity index (χ2n) is 5.92. The van der Waals surface area contributed by atoms with Crippen LogP contribution in [0, 0.1) is 11.6 Å². The number of para-hydroxylation sites is 2. The highest BCUT2D eigenvalue weighted by Gasteiger charge is 2.13. The number of rotatable bonds is 4. The van der Waals surface area contributed by atoms with E-state index in [0.717, 1.165) is 0 Å². The molecule has 0 radical (unpaired) electrons. The Kier molecular flexibility index (Phi) is 4.63. The van der Waals surface area contributed by atoms with Crippen molar-refractivity contribution in [2.45, 2.75) is 0 Å². The summed E-state index contributed by atoms with van der Waals surface area (Å²) < 4.78 is 29.3. The van der Waals surface area contributed by atoms with Crippen LogP contribution in [0.25, 0.3) is 5.65 Å². The molecule has 7 heteroatoms. The van der Waals surface area contributed by atoms with E-state index in [2.05, 4.69) is 15.3 Å². The highest BCUT2D eigenvalue weighted by molar-refractivity contribution is 5.89. The summed E-state index contributed by atoms with van der Waals surface area (Å²) in [4.78, 5) is 21.4. The van der Waals surface area contributed by atoms with Gasteiger partial charge in [-0.2, -0.15) is 0 Å². The van der Waals surface area contributed by atoms with Gasteiger partial charge in [-0.1, -0.05) is 30.3 Å². The zero-order valence-corrected chi connectivity index (χ0v) is 14.5. The molecule has 2 heterocycles. The van der Waals surface area contributed by atoms with Gasteiger partial charge >= 0.3 is 0 Å². The van der Waals surface area contributed by atoms with Gasteiger partial charge in [0.15, 0.2) is 0 Å². The number of nitrogens with zero attached hydrogens (tertiary/aromatic N) is 3. The highest BCUT2D eigenvalue weighted by atomic mass is 19.1. The minimum atomic E-state index is -0.517. The third kappa shape index (κ3) is 3.37. The average molecular weight is 376 g/mol. The first-order chi connectivity index (χ1) is 13.6. The van der Waals surface area contributed by atoms with Crippen LogP contribution in [0.1, 0.15) is 5.56 Å². The number of fused-ring (bicyclic) bond motifs is 1. The lowest BCUT2D eigenvalue weighted by atomic mass is 10.2. The van der Waals surface area contributed by atoms with Gasteiger partial charge in [0.2, 0.25) is 0 Å². The Morgan fingerprint density at radius 2 is 1.64 bits per heavy atom. The van der Waals surface area contributed by atoms with Crippen LogP contribution in [-0.4, -0.2) is 15.6 Å². The van der Waals surface area contributed by atoms with Crippen molar-refractivity contribution in [2.75, 3.05) is 5.32 Å². The van der Waals surface area contributed by atoms with Crippen molar-refractivity contribution in [3.8, 4) is 0 Å². The predicted molar refractivity (Wildman–Crippen MR) is 105 cm³/mol. The largest absolute Gasteiger partial charge is 0.337 e. The average Bonchev–Trinajstić information content (AvgIpc) is 2.71. The maximum absolute atomic E-state index is 14.1. The first kappa shape index (κ1) is 17.5. The molecule has 2 aromatic heterocycles. The van der Waals surface area contributed by atoms with E-state index < -0.39 is 17.2 Å². The maximum atomic E-state index is 14.1. The molecule has 28 heavy (non-hydrogen) atoms. The fourth-order valence-corrected chi connectivity index (χ4v) is 2.70. The molecular formula is C21H14F2N4O. The van der Waals surface area contributed by atoms with Crippen molar-refractivity contribution >= 4 is 29.1 Å². The second-order valence-corrected chi connectivity index (χ2v) is 5.92. The van der Waals surface area contributed by atoms with Crippen molar-refractivity contribution < 1.29 is 8.78 Å². The molecule has 2 aromatic carbocycles. The quantitative estimate of drug-likeness (QED) is 0.535. The summed E-state index contributed by atoms with van der Waals surface area (Å²) in [6.07, 6.45) is 2.80. The Morgan fingerprint density at radius 1 is 0.929 bits per heavy atom. The van der Waals surface area contributed by atoms with Gasteiger partial charge in [0.25, 0.3) is 5.56 Å². The number of halogens is 2. The number of aromatic nitrogens is 2. The van der Waals surface area contributed by atoms with Crippen LogP contribution >= 0.6 is 0 Å². The minimum absolute atomic E-state index is 0.0789. The third-order valence-electron chi connectivity index (χ3n) is 4.08. The summed E-state index contributed by atoms with van der Waals surface area (Å²) in [7, 11) is 0. The number of aliphatic imine (C=N–C) groups is 1. The molecule has 0 saturated carbocycles. The van der Waals surface area contributed by atoms with Crippen molar-refractivity contribution in [1.29, 1.82) is 0 Å². The predicted octanol–water partition coefficient (Wildman–Crippen LogP) is 4.47. The molecule has 0 fully saturated rings. The molecule has 0 bridgehead atoms. The van der Waals surface area contributed by atoms with Crippen LogP contribution in [0.15, 0.2) is 82.7 Å². The molecule has 4 aromatic rings. The van der Waals surface area contributed by atoms with E-state index in [1.54, 1.807) is 48.7 Å². The molecule has 0 aliphatic carbocycles. The molecule has 138 valence electrons. The molecule has 0 aliphatic rings. The SMILES string of the molecule is O=c1c(C=Nc2ccccc2F)c(Nc2ccccc2F)nc2ccccn12. The first-order valence-electron chi connectivity index (χ1n) is 8.45. The molecule has 4 rings (SSSR count). The van der Waals surface area contributed by atoms with Crippen LogP contribution in [0.5, 0.6) is 0 Å². The standard InChI is InChI=1S/C21H14F2N4O/c22-15-7-1-3-9-17(15)24-13-14-20(25-18-10-4-2-8-16(18)23)26-19-11-5-6-12-27(19)21(14)28/h1-13,25H. The summed E-state index contributed by atoms with van der Waals surface area (Å²) in [5.41, 5.74) is 0.293. The summed E-state index contributed by atoms with van der Waals surface area (Å²) in [6.45, 7) is 0. The number of hydrogen-bond donors (Lipinski definition) is 1. The normalized spacial score (nSPS) is 11.2. The van der Waals surface area contributed by atoms with E-state index in [4.69, 9.17) is 0 Å². The van der Waals surface area contributed by atoms with Gasteiger partial charge < -0.3 is 5.32 Å². The molecular weight excluding hydrogens is 362 g/mol. The fraction of sp³-hybridized carbons (Fsp3) is 0. The van der Waals surface area contributed by atoms with Gasteiger partial charge in [0.1, 0.15) is 28.7 Å². The van der Waals surface area contributed by atoms with E-state index in [0.29, 0.717) is 5.65 Å². The molecule has 0 aliphatic heterocycles. The smallest absolute Gasteiger partial charge is 0.268 e. The van der Waals surface area contributed by atoms with Gasteiger partial charge in [-0.15, -0.1) is 0 Å². The highest BCUT2D eigenvalue weighted by Crippen LogP contribution is 2.21. The zero-order chi connectivity index (χ0) is 19.5. The van der Waals surface area contributed by atoms with E-state index in [-0.39, 0.29) is 22.8 Å². The summed E-state index contributed by atoms with van der Waals surface area (Å²) >= 11 is 0. The van der Waals surface area contributed by atoms with Crippen LogP contribution in [0.4, 0.5) is 26.0 Å². The van der Waals surface area contributed by atoms with Gasteiger partial charge in [-0.25, -0.2) is 13.8 Å². The number of anilines is 2. The summed E-state index contributed by atoms with van der Waals surface area (Å²) in [5.74, 6) is -0.882. The van der Waals surface area contributed by atoms with Crippen LogP contribution in [0.3, 0.4) is 0 Å². The van der Waals surface area contributed by atoms with Crippen molar-refractivity contribution in [3.63, 3.8) is 0 Å². The first-order valence-corrected chi connectivity index (χ1v) is 8.45. The van der Waals surface area contributed by atoms with Crippen molar-refractivity contribution in [1.82, 2.24) is 9.38 Å². The van der Waals surface area contributed by atoms with Crippen LogP contribution in [-0.2, 0) is 0 Å². The lowest BCUT2D eigenvalue weighted by Gasteiger charge is -2.11. The molecule has 0 unspecified atom stereocenters. The second kappa shape index (κ2) is 7.40. The Bertz CT molecular complexity index is 1250. The molecule has 0 spiro atoms. The Labute approximate surface area is 158 Å². The van der Waals surface area contributed by atoms with E-state index in [1.165, 1.54) is 34.9 Å². The fourth-order valence-electron chi connectivity index (χ4n) is 2.70. The lowest BCUT2D eigenvalue weighted by molar-refractivity contribution is 0.630. The van der Waals surface area contributed by atoms with E-state index in [9.17, 15) is 13.6 Å². The lowest BCUT2D eigenvalue weighted by Crippen LogP contribution is -2.21. The Balaban J connectivity index is 1.87.